The summed E-state index contributed by atoms with van der Waals surface area (Å²) in [6, 6.07) is 9.50. The molecule has 0 amide bonds. The van der Waals surface area contributed by atoms with Crippen molar-refractivity contribution in [1.82, 2.24) is 4.98 Å². The van der Waals surface area contributed by atoms with Crippen molar-refractivity contribution in [3.63, 3.8) is 0 Å². The van der Waals surface area contributed by atoms with E-state index in [1.807, 2.05) is 30.3 Å². The number of nitrogens with zero attached hydrogens (tertiary/aromatic N) is 1. The van der Waals surface area contributed by atoms with Crippen LogP contribution < -0.4 is 5.73 Å². The lowest BCUT2D eigenvalue weighted by molar-refractivity contribution is 0.281. The van der Waals surface area contributed by atoms with Gasteiger partial charge in [0.05, 0.1) is 6.61 Å². The number of aliphatic hydroxyl groups excluding tert-OH is 1. The molecule has 0 aliphatic heterocycles. The SMILES string of the molecule is Nc1cccc(-c2cncc(CO)c2)c1. The minimum atomic E-state index is 0.00313. The van der Waals surface area contributed by atoms with Gasteiger partial charge in [0.15, 0.2) is 0 Å². The Balaban J connectivity index is 2.44. The van der Waals surface area contributed by atoms with E-state index < -0.39 is 0 Å². The van der Waals surface area contributed by atoms with E-state index in [0.29, 0.717) is 0 Å². The number of nitrogen functional groups attached to an aromatic ring is 1. The first-order chi connectivity index (χ1) is 7.29. The van der Waals surface area contributed by atoms with Gasteiger partial charge < -0.3 is 10.8 Å². The lowest BCUT2D eigenvalue weighted by atomic mass is 10.1. The van der Waals surface area contributed by atoms with Crippen LogP contribution in [-0.2, 0) is 6.61 Å². The van der Waals surface area contributed by atoms with Gasteiger partial charge in [0.2, 0.25) is 0 Å². The molecule has 0 atom stereocenters. The molecule has 0 spiro atoms. The zero-order valence-corrected chi connectivity index (χ0v) is 8.22. The van der Waals surface area contributed by atoms with Gasteiger partial charge in [-0.25, -0.2) is 0 Å². The first-order valence-electron chi connectivity index (χ1n) is 4.70. The molecule has 2 rings (SSSR count). The van der Waals surface area contributed by atoms with Crippen LogP contribution in [0.25, 0.3) is 11.1 Å². The molecule has 0 bridgehead atoms. The fourth-order valence-corrected chi connectivity index (χ4v) is 1.45. The van der Waals surface area contributed by atoms with Gasteiger partial charge in [0.1, 0.15) is 0 Å². The molecule has 1 aromatic heterocycles. The number of hydrogen-bond donors (Lipinski definition) is 2. The van der Waals surface area contributed by atoms with Gasteiger partial charge in [-0.05, 0) is 29.3 Å². The molecule has 15 heavy (non-hydrogen) atoms. The standard InChI is InChI=1S/C12H12N2O/c13-12-3-1-2-10(5-12)11-4-9(8-15)6-14-7-11/h1-7,15H,8,13H2. The number of aliphatic hydroxyl groups is 1. The molecule has 0 unspecified atom stereocenters. The summed E-state index contributed by atoms with van der Waals surface area (Å²) in [6.45, 7) is 0.00313. The molecule has 0 saturated heterocycles. The zero-order chi connectivity index (χ0) is 10.7. The zero-order valence-electron chi connectivity index (χ0n) is 8.22. The van der Waals surface area contributed by atoms with Gasteiger partial charge in [-0.3, -0.25) is 4.98 Å². The van der Waals surface area contributed by atoms with Crippen molar-refractivity contribution in [1.29, 1.82) is 0 Å². The van der Waals surface area contributed by atoms with E-state index in [0.717, 1.165) is 22.4 Å². The first kappa shape index (κ1) is 9.68. The Morgan fingerprint density at radius 3 is 2.73 bits per heavy atom. The quantitative estimate of drug-likeness (QED) is 0.727. The highest BCUT2D eigenvalue weighted by atomic mass is 16.3. The Morgan fingerprint density at radius 1 is 1.13 bits per heavy atom. The number of benzene rings is 1. The molecule has 0 aliphatic carbocycles. The topological polar surface area (TPSA) is 59.1 Å². The molecule has 0 radical (unpaired) electrons. The van der Waals surface area contributed by atoms with Crippen molar-refractivity contribution >= 4 is 5.69 Å². The smallest absolute Gasteiger partial charge is 0.0697 e. The van der Waals surface area contributed by atoms with Crippen LogP contribution in [0, 0.1) is 0 Å². The van der Waals surface area contributed by atoms with Crippen molar-refractivity contribution in [2.75, 3.05) is 5.73 Å². The van der Waals surface area contributed by atoms with Crippen LogP contribution in [0.5, 0.6) is 0 Å². The summed E-state index contributed by atoms with van der Waals surface area (Å²) in [5.41, 5.74) is 9.20. The highest BCUT2D eigenvalue weighted by molar-refractivity contribution is 5.66. The summed E-state index contributed by atoms with van der Waals surface area (Å²) in [4.78, 5) is 4.06. The summed E-state index contributed by atoms with van der Waals surface area (Å²) in [7, 11) is 0. The third-order valence-electron chi connectivity index (χ3n) is 2.20. The summed E-state index contributed by atoms with van der Waals surface area (Å²) in [5, 5.41) is 9.00. The van der Waals surface area contributed by atoms with Crippen LogP contribution in [0.2, 0.25) is 0 Å². The first-order valence-corrected chi connectivity index (χ1v) is 4.70. The molecule has 3 N–H and O–H groups in total. The molecular formula is C12H12N2O. The molecule has 0 saturated carbocycles. The highest BCUT2D eigenvalue weighted by Gasteiger charge is 1.99. The fraction of sp³-hybridized carbons (Fsp3) is 0.0833. The van der Waals surface area contributed by atoms with Crippen LogP contribution >= 0.6 is 0 Å². The Morgan fingerprint density at radius 2 is 2.00 bits per heavy atom. The number of aromatic nitrogens is 1. The second kappa shape index (κ2) is 4.11. The molecule has 0 fully saturated rings. The van der Waals surface area contributed by atoms with Crippen molar-refractivity contribution < 1.29 is 5.11 Å². The molecule has 3 nitrogen and oxygen atoms in total. The Bertz CT molecular complexity index is 469. The van der Waals surface area contributed by atoms with Gasteiger partial charge >= 0.3 is 0 Å². The molecule has 1 aromatic carbocycles. The normalized spacial score (nSPS) is 10.2. The summed E-state index contributed by atoms with van der Waals surface area (Å²) in [6.07, 6.45) is 3.41. The van der Waals surface area contributed by atoms with E-state index in [2.05, 4.69) is 4.98 Å². The van der Waals surface area contributed by atoms with Crippen LogP contribution in [0.15, 0.2) is 42.7 Å². The molecular weight excluding hydrogens is 188 g/mol. The van der Waals surface area contributed by atoms with E-state index in [9.17, 15) is 0 Å². The van der Waals surface area contributed by atoms with Crippen LogP contribution in [0.1, 0.15) is 5.56 Å². The van der Waals surface area contributed by atoms with E-state index >= 15 is 0 Å². The number of pyridine rings is 1. The van der Waals surface area contributed by atoms with Crippen molar-refractivity contribution in [3.05, 3.63) is 48.3 Å². The number of hydrogen-bond acceptors (Lipinski definition) is 3. The van der Waals surface area contributed by atoms with Crippen LogP contribution in [-0.4, -0.2) is 10.1 Å². The number of anilines is 1. The van der Waals surface area contributed by atoms with E-state index in [1.54, 1.807) is 12.4 Å². The molecule has 1 heterocycles. The van der Waals surface area contributed by atoms with Gasteiger partial charge in [-0.2, -0.15) is 0 Å². The molecule has 0 aliphatic rings. The van der Waals surface area contributed by atoms with Gasteiger partial charge in [-0.1, -0.05) is 12.1 Å². The minimum absolute atomic E-state index is 0.00313. The predicted molar refractivity (Wildman–Crippen MR) is 60.0 cm³/mol. The van der Waals surface area contributed by atoms with Crippen molar-refractivity contribution in [2.45, 2.75) is 6.61 Å². The second-order valence-corrected chi connectivity index (χ2v) is 3.37. The molecule has 2 aromatic rings. The lowest BCUT2D eigenvalue weighted by Crippen LogP contribution is -1.89. The number of rotatable bonds is 2. The maximum absolute atomic E-state index is 9.00. The van der Waals surface area contributed by atoms with Gasteiger partial charge in [0.25, 0.3) is 0 Å². The summed E-state index contributed by atoms with van der Waals surface area (Å²) in [5.74, 6) is 0. The average molecular weight is 200 g/mol. The Hall–Kier alpha value is -1.87. The van der Waals surface area contributed by atoms with E-state index in [1.165, 1.54) is 0 Å². The average Bonchev–Trinajstić information content (AvgIpc) is 2.29. The predicted octanol–water partition coefficient (Wildman–Crippen LogP) is 1.82. The fourth-order valence-electron chi connectivity index (χ4n) is 1.45. The third kappa shape index (κ3) is 2.14. The minimum Gasteiger partial charge on any atom is -0.399 e. The second-order valence-electron chi connectivity index (χ2n) is 3.37. The van der Waals surface area contributed by atoms with Gasteiger partial charge in [0, 0.05) is 23.6 Å². The third-order valence-corrected chi connectivity index (χ3v) is 2.20. The van der Waals surface area contributed by atoms with Gasteiger partial charge in [-0.15, -0.1) is 0 Å². The molecule has 3 heteroatoms. The maximum atomic E-state index is 9.00. The summed E-state index contributed by atoms with van der Waals surface area (Å²) >= 11 is 0. The Kier molecular flexibility index (Phi) is 2.65. The Labute approximate surface area is 88.2 Å². The lowest BCUT2D eigenvalue weighted by Gasteiger charge is -2.03. The largest absolute Gasteiger partial charge is 0.399 e. The van der Waals surface area contributed by atoms with Crippen molar-refractivity contribution in [2.24, 2.45) is 0 Å². The maximum Gasteiger partial charge on any atom is 0.0697 e. The van der Waals surface area contributed by atoms with E-state index in [4.69, 9.17) is 10.8 Å². The molecule has 76 valence electrons. The monoisotopic (exact) mass is 200 g/mol. The highest BCUT2D eigenvalue weighted by Crippen LogP contribution is 2.21. The number of nitrogens with two attached hydrogens (primary N) is 1. The van der Waals surface area contributed by atoms with Crippen LogP contribution in [0.4, 0.5) is 5.69 Å². The van der Waals surface area contributed by atoms with Crippen LogP contribution in [0.3, 0.4) is 0 Å². The van der Waals surface area contributed by atoms with Crippen molar-refractivity contribution in [3.8, 4) is 11.1 Å². The van der Waals surface area contributed by atoms with E-state index in [-0.39, 0.29) is 6.61 Å². The summed E-state index contributed by atoms with van der Waals surface area (Å²) < 4.78 is 0.